The topological polar surface area (TPSA) is 78.4 Å². The summed E-state index contributed by atoms with van der Waals surface area (Å²) in [6.07, 6.45) is 3.18. The molecule has 0 amide bonds. The Bertz CT molecular complexity index is 271. The summed E-state index contributed by atoms with van der Waals surface area (Å²) >= 11 is 0. The summed E-state index contributed by atoms with van der Waals surface area (Å²) in [6.45, 7) is 2.62. The first-order valence-corrected chi connectivity index (χ1v) is 6.94. The molecule has 1 fully saturated rings. The summed E-state index contributed by atoms with van der Waals surface area (Å²) in [5.41, 5.74) is 0. The number of aliphatic hydroxyl groups excluding tert-OH is 1. The predicted octanol–water partition coefficient (Wildman–Crippen LogP) is -0.0186. The van der Waals surface area contributed by atoms with Crippen LogP contribution in [-0.2, 0) is 10.2 Å². The van der Waals surface area contributed by atoms with Crippen LogP contribution in [0.25, 0.3) is 0 Å². The molecule has 0 saturated heterocycles. The summed E-state index contributed by atoms with van der Waals surface area (Å²) in [5, 5.41) is 9.29. The monoisotopic (exact) mass is 236 g/mol. The van der Waals surface area contributed by atoms with Crippen molar-refractivity contribution in [3.8, 4) is 0 Å². The maximum absolute atomic E-state index is 11.3. The third-order valence-electron chi connectivity index (χ3n) is 2.71. The second kappa shape index (κ2) is 5.79. The van der Waals surface area contributed by atoms with Crippen LogP contribution >= 0.6 is 0 Å². The van der Waals surface area contributed by atoms with Crippen LogP contribution in [0.3, 0.4) is 0 Å². The minimum absolute atomic E-state index is 0.188. The molecule has 15 heavy (non-hydrogen) atoms. The van der Waals surface area contributed by atoms with Crippen LogP contribution < -0.4 is 9.44 Å². The number of hydrogen-bond donors (Lipinski definition) is 3. The molecule has 0 aromatic carbocycles. The van der Waals surface area contributed by atoms with Crippen molar-refractivity contribution >= 4 is 10.2 Å². The SMILES string of the molecule is CCNS(=O)(=O)NCC1CCC(O)CC1. The highest BCUT2D eigenvalue weighted by atomic mass is 32.2. The zero-order valence-electron chi connectivity index (χ0n) is 9.07. The first-order valence-electron chi connectivity index (χ1n) is 5.46. The van der Waals surface area contributed by atoms with Gasteiger partial charge < -0.3 is 5.11 Å². The summed E-state index contributed by atoms with van der Waals surface area (Å²) in [6, 6.07) is 0. The molecule has 0 aromatic rings. The summed E-state index contributed by atoms with van der Waals surface area (Å²) in [5.74, 6) is 0.363. The highest BCUT2D eigenvalue weighted by molar-refractivity contribution is 7.87. The van der Waals surface area contributed by atoms with Gasteiger partial charge in [0.25, 0.3) is 10.2 Å². The van der Waals surface area contributed by atoms with Gasteiger partial charge in [0, 0.05) is 13.1 Å². The fourth-order valence-electron chi connectivity index (χ4n) is 1.82. The molecule has 1 rings (SSSR count). The summed E-state index contributed by atoms with van der Waals surface area (Å²) in [7, 11) is -3.31. The van der Waals surface area contributed by atoms with Gasteiger partial charge in [0.05, 0.1) is 6.10 Å². The fourth-order valence-corrected chi connectivity index (χ4v) is 2.75. The van der Waals surface area contributed by atoms with Crippen LogP contribution in [0.1, 0.15) is 32.6 Å². The Morgan fingerprint density at radius 2 is 1.80 bits per heavy atom. The van der Waals surface area contributed by atoms with Crippen molar-refractivity contribution in [3.63, 3.8) is 0 Å². The molecule has 90 valence electrons. The van der Waals surface area contributed by atoms with Gasteiger partial charge in [0.1, 0.15) is 0 Å². The standard InChI is InChI=1S/C9H20N2O3S/c1-2-10-15(13,14)11-7-8-3-5-9(12)6-4-8/h8-12H,2-7H2,1H3. The smallest absolute Gasteiger partial charge is 0.276 e. The van der Waals surface area contributed by atoms with Gasteiger partial charge in [0.2, 0.25) is 0 Å². The number of nitrogens with one attached hydrogen (secondary N) is 2. The number of hydrogen-bond acceptors (Lipinski definition) is 3. The summed E-state index contributed by atoms with van der Waals surface area (Å²) in [4.78, 5) is 0. The van der Waals surface area contributed by atoms with E-state index in [1.165, 1.54) is 0 Å². The van der Waals surface area contributed by atoms with Crippen molar-refractivity contribution in [3.05, 3.63) is 0 Å². The van der Waals surface area contributed by atoms with Gasteiger partial charge >= 0.3 is 0 Å². The second-order valence-electron chi connectivity index (χ2n) is 4.02. The Labute approximate surface area is 91.4 Å². The zero-order chi connectivity index (χ0) is 11.3. The number of rotatable bonds is 5. The summed E-state index contributed by atoms with van der Waals surface area (Å²) < 4.78 is 27.4. The average Bonchev–Trinajstić information content (AvgIpc) is 2.17. The lowest BCUT2D eigenvalue weighted by molar-refractivity contribution is 0.109. The van der Waals surface area contributed by atoms with Crippen LogP contribution in [0.2, 0.25) is 0 Å². The van der Waals surface area contributed by atoms with E-state index in [0.29, 0.717) is 19.0 Å². The average molecular weight is 236 g/mol. The Balaban J connectivity index is 2.25. The Kier molecular flexibility index (Phi) is 4.98. The lowest BCUT2D eigenvalue weighted by Gasteiger charge is -2.25. The minimum atomic E-state index is -3.31. The lowest BCUT2D eigenvalue weighted by Crippen LogP contribution is -2.39. The van der Waals surface area contributed by atoms with Crippen LogP contribution in [0, 0.1) is 5.92 Å². The van der Waals surface area contributed by atoms with E-state index in [-0.39, 0.29) is 6.10 Å². The Morgan fingerprint density at radius 1 is 1.20 bits per heavy atom. The molecule has 1 aliphatic rings. The highest BCUT2D eigenvalue weighted by Gasteiger charge is 2.20. The van der Waals surface area contributed by atoms with E-state index in [1.54, 1.807) is 6.92 Å². The zero-order valence-corrected chi connectivity index (χ0v) is 9.89. The largest absolute Gasteiger partial charge is 0.393 e. The van der Waals surface area contributed by atoms with Crippen LogP contribution in [0.15, 0.2) is 0 Å². The third-order valence-corrected chi connectivity index (χ3v) is 3.93. The van der Waals surface area contributed by atoms with Crippen LogP contribution in [-0.4, -0.2) is 32.7 Å². The number of aliphatic hydroxyl groups is 1. The quantitative estimate of drug-likeness (QED) is 0.628. The molecule has 0 bridgehead atoms. The molecule has 1 aliphatic carbocycles. The van der Waals surface area contributed by atoms with Crippen LogP contribution in [0.5, 0.6) is 0 Å². The molecule has 0 heterocycles. The molecule has 0 aromatic heterocycles. The molecule has 0 atom stereocenters. The lowest BCUT2D eigenvalue weighted by atomic mass is 9.88. The molecule has 0 aliphatic heterocycles. The van der Waals surface area contributed by atoms with Crippen molar-refractivity contribution in [1.29, 1.82) is 0 Å². The van der Waals surface area contributed by atoms with Crippen LogP contribution in [0.4, 0.5) is 0 Å². The van der Waals surface area contributed by atoms with E-state index in [4.69, 9.17) is 0 Å². The molecule has 0 radical (unpaired) electrons. The maximum atomic E-state index is 11.3. The van der Waals surface area contributed by atoms with E-state index in [1.807, 2.05) is 0 Å². The van der Waals surface area contributed by atoms with E-state index in [9.17, 15) is 13.5 Å². The molecule has 0 unspecified atom stereocenters. The van der Waals surface area contributed by atoms with Gasteiger partial charge in [-0.2, -0.15) is 8.42 Å². The van der Waals surface area contributed by atoms with Gasteiger partial charge in [-0.3, -0.25) is 0 Å². The van der Waals surface area contributed by atoms with Gasteiger partial charge in [-0.25, -0.2) is 9.44 Å². The predicted molar refractivity (Wildman–Crippen MR) is 58.6 cm³/mol. The molecule has 3 N–H and O–H groups in total. The minimum Gasteiger partial charge on any atom is -0.393 e. The van der Waals surface area contributed by atoms with E-state index >= 15 is 0 Å². The third kappa shape index (κ3) is 4.92. The van der Waals surface area contributed by atoms with Gasteiger partial charge in [-0.1, -0.05) is 6.92 Å². The van der Waals surface area contributed by atoms with Crippen molar-refractivity contribution in [2.45, 2.75) is 38.7 Å². The van der Waals surface area contributed by atoms with Gasteiger partial charge in [-0.15, -0.1) is 0 Å². The highest BCUT2D eigenvalue weighted by Crippen LogP contribution is 2.23. The molecular formula is C9H20N2O3S. The first-order chi connectivity index (χ1) is 7.03. The normalized spacial score (nSPS) is 27.9. The Hall–Kier alpha value is -0.170. The molecular weight excluding hydrogens is 216 g/mol. The van der Waals surface area contributed by atoms with E-state index in [2.05, 4.69) is 9.44 Å². The van der Waals surface area contributed by atoms with Gasteiger partial charge in [-0.05, 0) is 31.6 Å². The van der Waals surface area contributed by atoms with Gasteiger partial charge in [0.15, 0.2) is 0 Å². The van der Waals surface area contributed by atoms with E-state index in [0.717, 1.165) is 25.7 Å². The molecule has 5 nitrogen and oxygen atoms in total. The van der Waals surface area contributed by atoms with Crippen molar-refractivity contribution < 1.29 is 13.5 Å². The fraction of sp³-hybridized carbons (Fsp3) is 1.00. The second-order valence-corrected chi connectivity index (χ2v) is 5.61. The van der Waals surface area contributed by atoms with Crippen molar-refractivity contribution in [2.75, 3.05) is 13.1 Å². The van der Waals surface area contributed by atoms with Crippen molar-refractivity contribution in [1.82, 2.24) is 9.44 Å². The molecule has 0 spiro atoms. The Morgan fingerprint density at radius 3 is 2.33 bits per heavy atom. The first kappa shape index (κ1) is 12.9. The van der Waals surface area contributed by atoms with E-state index < -0.39 is 10.2 Å². The van der Waals surface area contributed by atoms with Crippen molar-refractivity contribution in [2.24, 2.45) is 5.92 Å². The molecule has 1 saturated carbocycles. The molecule has 6 heteroatoms. The maximum Gasteiger partial charge on any atom is 0.276 e.